The number of rotatable bonds is 2. The van der Waals surface area contributed by atoms with Crippen molar-refractivity contribution in [3.63, 3.8) is 0 Å². The molecule has 0 fully saturated rings. The van der Waals surface area contributed by atoms with Crippen LogP contribution >= 0.6 is 19.4 Å². The van der Waals surface area contributed by atoms with E-state index in [1.165, 1.54) is 12.4 Å². The molecule has 0 bridgehead atoms. The Morgan fingerprint density at radius 2 is 1.24 bits per heavy atom. The topological polar surface area (TPSA) is 112 Å². The molecule has 0 saturated carbocycles. The summed E-state index contributed by atoms with van der Waals surface area (Å²) >= 11 is -0.931. The minimum atomic E-state index is -0.931. The first-order chi connectivity index (χ1) is 10.0. The van der Waals surface area contributed by atoms with Crippen molar-refractivity contribution in [2.75, 3.05) is 0 Å². The van der Waals surface area contributed by atoms with E-state index in [-0.39, 0.29) is 0 Å². The van der Waals surface area contributed by atoms with Gasteiger partial charge in [-0.05, 0) is 24.3 Å². The Balaban J connectivity index is 0.000000322. The molecular formula is C12H12Cl2N4O2Zn. The standard InChI is InChI=1S/2C6H6N2O.2ClH.Zn/c2*7-6(9)5-2-1-3-8-4-5;;;/h2*1-4H,(H2,7,9);2*1H;/q;;;;+2/p-2. The summed E-state index contributed by atoms with van der Waals surface area (Å²) in [6, 6.07) is 6.57. The van der Waals surface area contributed by atoms with Gasteiger partial charge in [-0.2, -0.15) is 0 Å². The van der Waals surface area contributed by atoms with Gasteiger partial charge in [-0.15, -0.1) is 0 Å². The van der Waals surface area contributed by atoms with Crippen LogP contribution in [0.15, 0.2) is 49.1 Å². The van der Waals surface area contributed by atoms with Gasteiger partial charge in [0.2, 0.25) is 11.8 Å². The third kappa shape index (κ3) is 9.90. The SMILES string of the molecule is NC(=O)c1cccnc1.NC(=O)c1cccnc1.[Cl][Zn][Cl]. The first-order valence-electron chi connectivity index (χ1n) is 5.54. The molecule has 4 N–H and O–H groups in total. The van der Waals surface area contributed by atoms with Crippen LogP contribution in [0.3, 0.4) is 0 Å². The van der Waals surface area contributed by atoms with Crippen molar-refractivity contribution in [2.45, 2.75) is 0 Å². The van der Waals surface area contributed by atoms with Crippen molar-refractivity contribution in [1.82, 2.24) is 9.97 Å². The summed E-state index contributed by atoms with van der Waals surface area (Å²) in [5.74, 6) is -0.883. The molecule has 2 rings (SSSR count). The predicted octanol–water partition coefficient (Wildman–Crippen LogP) is 1.74. The van der Waals surface area contributed by atoms with Crippen LogP contribution in [0.25, 0.3) is 0 Å². The van der Waals surface area contributed by atoms with E-state index in [0.29, 0.717) is 11.1 Å². The van der Waals surface area contributed by atoms with Crippen LogP contribution in [0, 0.1) is 0 Å². The fourth-order valence-electron chi connectivity index (χ4n) is 1.02. The number of carbonyl (C=O) groups excluding carboxylic acids is 2. The zero-order chi connectivity index (χ0) is 16.1. The van der Waals surface area contributed by atoms with Crippen molar-refractivity contribution in [1.29, 1.82) is 0 Å². The first kappa shape index (κ1) is 19.4. The van der Waals surface area contributed by atoms with Gasteiger partial charge in [0.1, 0.15) is 0 Å². The number of hydrogen-bond acceptors (Lipinski definition) is 4. The molecule has 0 radical (unpaired) electrons. The summed E-state index contributed by atoms with van der Waals surface area (Å²) in [5.41, 5.74) is 10.8. The summed E-state index contributed by atoms with van der Waals surface area (Å²) in [5, 5.41) is 0. The molecule has 9 heteroatoms. The number of pyridine rings is 2. The molecule has 2 aromatic heterocycles. The summed E-state index contributed by atoms with van der Waals surface area (Å²) in [6.07, 6.45) is 6.05. The summed E-state index contributed by atoms with van der Waals surface area (Å²) in [7, 11) is 9.90. The number of nitrogens with zero attached hydrogens (tertiary/aromatic N) is 2. The summed E-state index contributed by atoms with van der Waals surface area (Å²) < 4.78 is 0. The number of nitrogens with two attached hydrogens (primary N) is 2. The second-order valence-corrected chi connectivity index (χ2v) is 7.94. The van der Waals surface area contributed by atoms with Gasteiger partial charge in [0.05, 0.1) is 11.1 Å². The molecule has 2 amide bonds. The Hall–Kier alpha value is -1.56. The molecule has 2 heterocycles. The van der Waals surface area contributed by atoms with Gasteiger partial charge in [-0.3, -0.25) is 19.6 Å². The van der Waals surface area contributed by atoms with Gasteiger partial charge >= 0.3 is 34.5 Å². The van der Waals surface area contributed by atoms with Gasteiger partial charge in [-0.1, -0.05) is 0 Å². The monoisotopic (exact) mass is 378 g/mol. The normalized spacial score (nSPS) is 8.10. The number of amides is 2. The zero-order valence-corrected chi connectivity index (χ0v) is 15.4. The van der Waals surface area contributed by atoms with Crippen molar-refractivity contribution in [2.24, 2.45) is 11.5 Å². The third-order valence-corrected chi connectivity index (χ3v) is 1.89. The molecule has 21 heavy (non-hydrogen) atoms. The summed E-state index contributed by atoms with van der Waals surface area (Å²) in [4.78, 5) is 28.2. The second-order valence-electron chi connectivity index (χ2n) is 3.31. The van der Waals surface area contributed by atoms with Crippen LogP contribution in [0.5, 0.6) is 0 Å². The Kier molecular flexibility index (Phi) is 11.3. The van der Waals surface area contributed by atoms with Crippen LogP contribution in [0.1, 0.15) is 20.7 Å². The van der Waals surface area contributed by atoms with Crippen molar-refractivity contribution >= 4 is 31.2 Å². The Labute approximate surface area is 137 Å². The number of aromatic nitrogens is 2. The summed E-state index contributed by atoms with van der Waals surface area (Å²) in [6.45, 7) is 0. The zero-order valence-electron chi connectivity index (χ0n) is 10.9. The van der Waals surface area contributed by atoms with Crippen LogP contribution in [0.4, 0.5) is 0 Å². The molecule has 0 atom stereocenters. The van der Waals surface area contributed by atoms with Gasteiger partial charge in [0, 0.05) is 24.8 Å². The number of hydrogen-bond donors (Lipinski definition) is 2. The number of carbonyl (C=O) groups is 2. The number of halogens is 2. The van der Waals surface area contributed by atoms with Gasteiger partial charge in [-0.25, -0.2) is 0 Å². The van der Waals surface area contributed by atoms with Crippen LogP contribution in [0.2, 0.25) is 0 Å². The van der Waals surface area contributed by atoms with E-state index >= 15 is 0 Å². The van der Waals surface area contributed by atoms with E-state index in [4.69, 9.17) is 30.8 Å². The van der Waals surface area contributed by atoms with E-state index in [9.17, 15) is 9.59 Å². The molecular weight excluding hydrogens is 368 g/mol. The fraction of sp³-hybridized carbons (Fsp3) is 0. The molecule has 0 aliphatic rings. The van der Waals surface area contributed by atoms with Crippen LogP contribution < -0.4 is 11.5 Å². The van der Waals surface area contributed by atoms with Crippen LogP contribution in [-0.4, -0.2) is 21.8 Å². The quantitative estimate of drug-likeness (QED) is 0.773. The molecule has 2 aromatic rings. The van der Waals surface area contributed by atoms with Crippen molar-refractivity contribution < 1.29 is 24.7 Å². The van der Waals surface area contributed by atoms with E-state index < -0.39 is 27.0 Å². The maximum absolute atomic E-state index is 10.4. The second kappa shape index (κ2) is 12.2. The molecule has 0 aliphatic heterocycles. The Morgan fingerprint density at radius 3 is 1.38 bits per heavy atom. The third-order valence-electron chi connectivity index (χ3n) is 1.89. The predicted molar refractivity (Wildman–Crippen MR) is 77.2 cm³/mol. The molecule has 0 unspecified atom stereocenters. The van der Waals surface area contributed by atoms with Gasteiger partial charge in [0.15, 0.2) is 0 Å². The maximum atomic E-state index is 10.4. The van der Waals surface area contributed by atoms with Gasteiger partial charge < -0.3 is 11.5 Å². The van der Waals surface area contributed by atoms with E-state index in [1.54, 1.807) is 36.7 Å². The first-order valence-corrected chi connectivity index (χ1v) is 13.3. The Bertz CT molecular complexity index is 494. The molecule has 0 aromatic carbocycles. The van der Waals surface area contributed by atoms with Gasteiger partial charge in [0.25, 0.3) is 0 Å². The van der Waals surface area contributed by atoms with E-state index in [0.717, 1.165) is 0 Å². The molecule has 6 nitrogen and oxygen atoms in total. The van der Waals surface area contributed by atoms with E-state index in [2.05, 4.69) is 9.97 Å². The fourth-order valence-corrected chi connectivity index (χ4v) is 1.02. The minimum absolute atomic E-state index is 0.442. The molecule has 108 valence electrons. The average molecular weight is 381 g/mol. The van der Waals surface area contributed by atoms with E-state index in [1.807, 2.05) is 0 Å². The molecule has 0 saturated heterocycles. The number of primary amides is 2. The van der Waals surface area contributed by atoms with Crippen LogP contribution in [-0.2, 0) is 15.1 Å². The molecule has 0 aliphatic carbocycles. The van der Waals surface area contributed by atoms with Crippen molar-refractivity contribution in [3.05, 3.63) is 60.2 Å². The van der Waals surface area contributed by atoms with Crippen molar-refractivity contribution in [3.8, 4) is 0 Å². The Morgan fingerprint density at radius 1 is 0.905 bits per heavy atom. The molecule has 0 spiro atoms. The average Bonchev–Trinajstić information content (AvgIpc) is 2.50.